The molecule has 98 valence electrons. The lowest BCUT2D eigenvalue weighted by Gasteiger charge is -2.26. The molecule has 0 spiro atoms. The molecule has 0 aliphatic carbocycles. The Balaban J connectivity index is 1.59. The number of hydrogen-bond donors (Lipinski definition) is 1. The highest BCUT2D eigenvalue weighted by Gasteiger charge is 2.23. The molecule has 3 rings (SSSR count). The van der Waals surface area contributed by atoms with Crippen molar-refractivity contribution in [1.29, 1.82) is 0 Å². The standard InChI is InChI=1S/C12H18N4O2/c17-12(5-9-1-3-18-4-2-9)11-8-16(15-14-11)10-6-13-7-10/h8-10,13H,1-7H2. The summed E-state index contributed by atoms with van der Waals surface area (Å²) in [5, 5.41) is 11.2. The Hall–Kier alpha value is -1.27. The van der Waals surface area contributed by atoms with E-state index in [9.17, 15) is 4.79 Å². The molecule has 6 nitrogen and oxygen atoms in total. The topological polar surface area (TPSA) is 69.0 Å². The highest BCUT2D eigenvalue weighted by atomic mass is 16.5. The van der Waals surface area contributed by atoms with Crippen LogP contribution >= 0.6 is 0 Å². The summed E-state index contributed by atoms with van der Waals surface area (Å²) in [4.78, 5) is 12.1. The molecule has 1 aromatic rings. The van der Waals surface area contributed by atoms with E-state index in [2.05, 4.69) is 15.6 Å². The van der Waals surface area contributed by atoms with Crippen molar-refractivity contribution in [3.63, 3.8) is 0 Å². The van der Waals surface area contributed by atoms with E-state index in [-0.39, 0.29) is 5.78 Å². The molecular formula is C12H18N4O2. The van der Waals surface area contributed by atoms with Crippen LogP contribution in [0.3, 0.4) is 0 Å². The molecule has 0 atom stereocenters. The van der Waals surface area contributed by atoms with Gasteiger partial charge in [-0.1, -0.05) is 5.21 Å². The number of carbonyl (C=O) groups excluding carboxylic acids is 1. The van der Waals surface area contributed by atoms with Gasteiger partial charge in [0.05, 0.1) is 12.2 Å². The van der Waals surface area contributed by atoms with E-state index in [0.29, 0.717) is 24.1 Å². The first-order valence-electron chi connectivity index (χ1n) is 6.56. The van der Waals surface area contributed by atoms with Crippen LogP contribution in [0.5, 0.6) is 0 Å². The lowest BCUT2D eigenvalue weighted by molar-refractivity contribution is 0.0599. The molecule has 3 heterocycles. The summed E-state index contributed by atoms with van der Waals surface area (Å²) in [5.41, 5.74) is 0.508. The quantitative estimate of drug-likeness (QED) is 0.784. The van der Waals surface area contributed by atoms with Crippen molar-refractivity contribution < 1.29 is 9.53 Å². The van der Waals surface area contributed by atoms with E-state index in [1.165, 1.54) is 0 Å². The summed E-state index contributed by atoms with van der Waals surface area (Å²) in [6, 6.07) is 0.363. The number of nitrogens with zero attached hydrogens (tertiary/aromatic N) is 3. The van der Waals surface area contributed by atoms with Crippen LogP contribution in [0.1, 0.15) is 35.8 Å². The van der Waals surface area contributed by atoms with Crippen LogP contribution in [0, 0.1) is 5.92 Å². The molecular weight excluding hydrogens is 232 g/mol. The molecule has 0 unspecified atom stereocenters. The number of nitrogens with one attached hydrogen (secondary N) is 1. The minimum atomic E-state index is 0.112. The van der Waals surface area contributed by atoms with Crippen molar-refractivity contribution in [2.45, 2.75) is 25.3 Å². The summed E-state index contributed by atoms with van der Waals surface area (Å²) in [6.45, 7) is 3.38. The van der Waals surface area contributed by atoms with Crippen molar-refractivity contribution in [2.24, 2.45) is 5.92 Å². The van der Waals surface area contributed by atoms with Crippen LogP contribution < -0.4 is 5.32 Å². The molecule has 2 aliphatic heterocycles. The molecule has 1 N–H and O–H groups in total. The van der Waals surface area contributed by atoms with Gasteiger partial charge < -0.3 is 10.1 Å². The minimum Gasteiger partial charge on any atom is -0.381 e. The highest BCUT2D eigenvalue weighted by molar-refractivity contribution is 5.94. The van der Waals surface area contributed by atoms with Gasteiger partial charge in [0.2, 0.25) is 0 Å². The number of carbonyl (C=O) groups is 1. The fourth-order valence-corrected chi connectivity index (χ4v) is 2.36. The number of hydrogen-bond acceptors (Lipinski definition) is 5. The van der Waals surface area contributed by atoms with Crippen LogP contribution in [0.4, 0.5) is 0 Å². The van der Waals surface area contributed by atoms with E-state index in [1.54, 1.807) is 10.9 Å². The fraction of sp³-hybridized carbons (Fsp3) is 0.750. The summed E-state index contributed by atoms with van der Waals surface area (Å²) >= 11 is 0. The summed E-state index contributed by atoms with van der Waals surface area (Å²) < 4.78 is 7.09. The summed E-state index contributed by atoms with van der Waals surface area (Å²) in [6.07, 6.45) is 4.32. The maximum atomic E-state index is 12.1. The molecule has 2 saturated heterocycles. The zero-order valence-corrected chi connectivity index (χ0v) is 10.3. The van der Waals surface area contributed by atoms with Gasteiger partial charge in [-0.2, -0.15) is 0 Å². The summed E-state index contributed by atoms with van der Waals surface area (Å²) in [5.74, 6) is 0.558. The molecule has 6 heteroatoms. The molecule has 2 aliphatic rings. The number of ether oxygens (including phenoxy) is 1. The van der Waals surface area contributed by atoms with Crippen molar-refractivity contribution in [3.05, 3.63) is 11.9 Å². The highest BCUT2D eigenvalue weighted by Crippen LogP contribution is 2.20. The Bertz CT molecular complexity index is 421. The van der Waals surface area contributed by atoms with Gasteiger partial charge in [-0.05, 0) is 18.8 Å². The first-order valence-corrected chi connectivity index (χ1v) is 6.56. The molecule has 0 aromatic carbocycles. The fourth-order valence-electron chi connectivity index (χ4n) is 2.36. The number of rotatable bonds is 4. The maximum absolute atomic E-state index is 12.1. The Kier molecular flexibility index (Phi) is 3.38. The molecule has 2 fully saturated rings. The van der Waals surface area contributed by atoms with Gasteiger partial charge in [0.1, 0.15) is 5.69 Å². The molecule has 0 bridgehead atoms. The Morgan fingerprint density at radius 3 is 2.89 bits per heavy atom. The van der Waals surface area contributed by atoms with Crippen molar-refractivity contribution in [2.75, 3.05) is 26.3 Å². The van der Waals surface area contributed by atoms with Crippen LogP contribution in [0.15, 0.2) is 6.20 Å². The second kappa shape index (κ2) is 5.16. The number of Topliss-reactive ketones (excluding diaryl/α,β-unsaturated/α-hetero) is 1. The SMILES string of the molecule is O=C(CC1CCOCC1)c1cn(C2CNC2)nn1. The van der Waals surface area contributed by atoms with Gasteiger partial charge in [-0.15, -0.1) is 5.10 Å². The van der Waals surface area contributed by atoms with E-state index < -0.39 is 0 Å². The smallest absolute Gasteiger partial charge is 0.184 e. The zero-order chi connectivity index (χ0) is 12.4. The van der Waals surface area contributed by atoms with E-state index in [0.717, 1.165) is 39.1 Å². The largest absolute Gasteiger partial charge is 0.381 e. The summed E-state index contributed by atoms with van der Waals surface area (Å²) in [7, 11) is 0. The van der Waals surface area contributed by atoms with Gasteiger partial charge in [-0.25, -0.2) is 4.68 Å². The Morgan fingerprint density at radius 2 is 2.22 bits per heavy atom. The van der Waals surface area contributed by atoms with Gasteiger partial charge in [-0.3, -0.25) is 4.79 Å². The monoisotopic (exact) mass is 250 g/mol. The average Bonchev–Trinajstić information content (AvgIpc) is 2.77. The average molecular weight is 250 g/mol. The predicted molar refractivity (Wildman–Crippen MR) is 64.4 cm³/mol. The van der Waals surface area contributed by atoms with E-state index in [4.69, 9.17) is 4.74 Å². The van der Waals surface area contributed by atoms with Crippen LogP contribution in [0.25, 0.3) is 0 Å². The van der Waals surface area contributed by atoms with Crippen molar-refractivity contribution in [1.82, 2.24) is 20.3 Å². The Labute approximate surface area is 106 Å². The van der Waals surface area contributed by atoms with Crippen molar-refractivity contribution in [3.8, 4) is 0 Å². The van der Waals surface area contributed by atoms with Crippen LogP contribution in [-0.4, -0.2) is 47.1 Å². The van der Waals surface area contributed by atoms with Gasteiger partial charge in [0.15, 0.2) is 5.78 Å². The third-order valence-corrected chi connectivity index (χ3v) is 3.74. The number of aromatic nitrogens is 3. The lowest BCUT2D eigenvalue weighted by atomic mass is 9.93. The van der Waals surface area contributed by atoms with Gasteiger partial charge in [0.25, 0.3) is 0 Å². The first-order chi connectivity index (χ1) is 8.83. The van der Waals surface area contributed by atoms with Crippen LogP contribution in [0.2, 0.25) is 0 Å². The van der Waals surface area contributed by atoms with E-state index in [1.807, 2.05) is 0 Å². The molecule has 18 heavy (non-hydrogen) atoms. The van der Waals surface area contributed by atoms with Gasteiger partial charge in [0, 0.05) is 32.7 Å². The molecule has 0 radical (unpaired) electrons. The lowest BCUT2D eigenvalue weighted by Crippen LogP contribution is -2.43. The third kappa shape index (κ3) is 2.44. The first kappa shape index (κ1) is 11.8. The van der Waals surface area contributed by atoms with Crippen molar-refractivity contribution >= 4 is 5.78 Å². The van der Waals surface area contributed by atoms with E-state index >= 15 is 0 Å². The second-order valence-electron chi connectivity index (χ2n) is 5.08. The normalized spacial score (nSPS) is 21.8. The molecule has 0 saturated carbocycles. The Morgan fingerprint density at radius 1 is 1.44 bits per heavy atom. The van der Waals surface area contributed by atoms with Gasteiger partial charge >= 0.3 is 0 Å². The second-order valence-corrected chi connectivity index (χ2v) is 5.08. The number of ketones is 1. The van der Waals surface area contributed by atoms with Crippen LogP contribution in [-0.2, 0) is 4.74 Å². The third-order valence-electron chi connectivity index (χ3n) is 3.74. The predicted octanol–water partition coefficient (Wildman–Crippen LogP) is 0.422. The zero-order valence-electron chi connectivity index (χ0n) is 10.3. The minimum absolute atomic E-state index is 0.112. The molecule has 1 aromatic heterocycles. The maximum Gasteiger partial charge on any atom is 0.184 e. The molecule has 0 amide bonds.